The summed E-state index contributed by atoms with van der Waals surface area (Å²) in [5, 5.41) is 8.36. The minimum Gasteiger partial charge on any atom is -0.308 e. The van der Waals surface area contributed by atoms with Gasteiger partial charge >= 0.3 is 0 Å². The molecule has 3 aromatic rings. The van der Waals surface area contributed by atoms with E-state index in [2.05, 4.69) is 20.4 Å². The van der Waals surface area contributed by atoms with E-state index in [1.165, 1.54) is 24.6 Å². The molecule has 0 unspecified atom stereocenters. The van der Waals surface area contributed by atoms with Gasteiger partial charge in [0, 0.05) is 12.5 Å². The van der Waals surface area contributed by atoms with E-state index in [1.54, 1.807) is 11.0 Å². The van der Waals surface area contributed by atoms with Gasteiger partial charge in [-0.15, -0.1) is 0 Å². The molecule has 0 radical (unpaired) electrons. The van der Waals surface area contributed by atoms with Gasteiger partial charge in [0.1, 0.15) is 17.7 Å². The van der Waals surface area contributed by atoms with E-state index in [9.17, 15) is 4.79 Å². The van der Waals surface area contributed by atoms with Gasteiger partial charge in [-0.3, -0.25) is 4.79 Å². The standard InChI is InChI=1S/C13H11N5OS/c1-9(19)16-11-13(18-8-14-7-15-18)20-12(17-11)10-5-3-2-4-6-10/h2-8H,1H3,(H,16,19). The van der Waals surface area contributed by atoms with Crippen molar-refractivity contribution >= 4 is 23.1 Å². The van der Waals surface area contributed by atoms with Crippen LogP contribution in [-0.2, 0) is 4.79 Å². The summed E-state index contributed by atoms with van der Waals surface area (Å²) >= 11 is 1.45. The molecule has 3 rings (SSSR count). The van der Waals surface area contributed by atoms with Crippen LogP contribution in [0.4, 0.5) is 5.82 Å². The summed E-state index contributed by atoms with van der Waals surface area (Å²) in [4.78, 5) is 19.7. The van der Waals surface area contributed by atoms with Crippen LogP contribution in [0.5, 0.6) is 0 Å². The summed E-state index contributed by atoms with van der Waals surface area (Å²) in [5.41, 5.74) is 0.996. The zero-order valence-corrected chi connectivity index (χ0v) is 11.5. The molecule has 20 heavy (non-hydrogen) atoms. The Morgan fingerprint density at radius 1 is 1.30 bits per heavy atom. The molecule has 7 heteroatoms. The third-order valence-corrected chi connectivity index (χ3v) is 3.65. The Hall–Kier alpha value is -2.54. The molecule has 2 aromatic heterocycles. The second kappa shape index (κ2) is 5.22. The molecular weight excluding hydrogens is 274 g/mol. The Balaban J connectivity index is 2.08. The highest BCUT2D eigenvalue weighted by Crippen LogP contribution is 2.33. The van der Waals surface area contributed by atoms with Crippen LogP contribution in [-0.4, -0.2) is 25.7 Å². The second-order valence-corrected chi connectivity index (χ2v) is 5.04. The van der Waals surface area contributed by atoms with Crippen LogP contribution in [0.2, 0.25) is 0 Å². The van der Waals surface area contributed by atoms with Gasteiger partial charge in [-0.25, -0.2) is 14.6 Å². The summed E-state index contributed by atoms with van der Waals surface area (Å²) < 4.78 is 1.59. The van der Waals surface area contributed by atoms with Crippen LogP contribution in [0.25, 0.3) is 15.6 Å². The highest BCUT2D eigenvalue weighted by molar-refractivity contribution is 7.18. The van der Waals surface area contributed by atoms with Gasteiger partial charge in [0.2, 0.25) is 5.91 Å². The molecule has 0 aliphatic heterocycles. The van der Waals surface area contributed by atoms with Crippen LogP contribution in [0.3, 0.4) is 0 Å². The maximum atomic E-state index is 11.3. The third-order valence-electron chi connectivity index (χ3n) is 2.55. The minimum absolute atomic E-state index is 0.170. The fourth-order valence-corrected chi connectivity index (χ4v) is 2.69. The van der Waals surface area contributed by atoms with Crippen molar-refractivity contribution in [1.29, 1.82) is 0 Å². The van der Waals surface area contributed by atoms with E-state index in [0.29, 0.717) is 5.82 Å². The maximum absolute atomic E-state index is 11.3. The molecule has 6 nitrogen and oxygen atoms in total. The van der Waals surface area contributed by atoms with Crippen molar-refractivity contribution in [1.82, 2.24) is 19.7 Å². The molecule has 0 saturated heterocycles. The quantitative estimate of drug-likeness (QED) is 0.801. The van der Waals surface area contributed by atoms with Crippen molar-refractivity contribution in [2.24, 2.45) is 0 Å². The number of benzene rings is 1. The van der Waals surface area contributed by atoms with E-state index in [-0.39, 0.29) is 5.91 Å². The molecule has 1 amide bonds. The molecule has 0 spiro atoms. The lowest BCUT2D eigenvalue weighted by molar-refractivity contribution is -0.114. The molecule has 100 valence electrons. The van der Waals surface area contributed by atoms with Crippen molar-refractivity contribution in [2.75, 3.05) is 5.32 Å². The Labute approximate surface area is 119 Å². The molecule has 0 bridgehead atoms. The van der Waals surface area contributed by atoms with Crippen molar-refractivity contribution in [3.05, 3.63) is 43.0 Å². The molecule has 0 saturated carbocycles. The van der Waals surface area contributed by atoms with Gasteiger partial charge in [-0.05, 0) is 0 Å². The first-order valence-electron chi connectivity index (χ1n) is 5.93. The lowest BCUT2D eigenvalue weighted by Gasteiger charge is -2.00. The van der Waals surface area contributed by atoms with E-state index in [0.717, 1.165) is 15.6 Å². The van der Waals surface area contributed by atoms with Crippen molar-refractivity contribution in [3.63, 3.8) is 0 Å². The van der Waals surface area contributed by atoms with Crippen molar-refractivity contribution < 1.29 is 4.79 Å². The first kappa shape index (κ1) is 12.5. The normalized spacial score (nSPS) is 10.4. The summed E-state index contributed by atoms with van der Waals surface area (Å²) in [6.07, 6.45) is 3.02. The Morgan fingerprint density at radius 2 is 2.10 bits per heavy atom. The molecule has 0 atom stereocenters. The van der Waals surface area contributed by atoms with Gasteiger partial charge in [-0.2, -0.15) is 5.10 Å². The summed E-state index contributed by atoms with van der Waals surface area (Å²) in [6, 6.07) is 9.79. The highest BCUT2D eigenvalue weighted by Gasteiger charge is 2.15. The number of thiazole rings is 1. The lowest BCUT2D eigenvalue weighted by atomic mass is 10.2. The monoisotopic (exact) mass is 285 g/mol. The van der Waals surface area contributed by atoms with Crippen molar-refractivity contribution in [2.45, 2.75) is 6.92 Å². The van der Waals surface area contributed by atoms with Crippen LogP contribution >= 0.6 is 11.3 Å². The van der Waals surface area contributed by atoms with Gasteiger partial charge in [0.25, 0.3) is 0 Å². The topological polar surface area (TPSA) is 72.7 Å². The number of hydrogen-bond acceptors (Lipinski definition) is 5. The van der Waals surface area contributed by atoms with Crippen molar-refractivity contribution in [3.8, 4) is 15.6 Å². The molecular formula is C13H11N5OS. The van der Waals surface area contributed by atoms with Crippen LogP contribution in [0.15, 0.2) is 43.0 Å². The highest BCUT2D eigenvalue weighted by atomic mass is 32.1. The van der Waals surface area contributed by atoms with Gasteiger partial charge in [0.15, 0.2) is 10.8 Å². The first-order valence-corrected chi connectivity index (χ1v) is 6.74. The number of rotatable bonds is 3. The number of amides is 1. The number of nitrogens with one attached hydrogen (secondary N) is 1. The predicted octanol–water partition coefficient (Wildman–Crippen LogP) is 2.35. The fraction of sp³-hybridized carbons (Fsp3) is 0.0769. The average Bonchev–Trinajstić information content (AvgIpc) is 3.08. The molecule has 2 heterocycles. The first-order chi connectivity index (χ1) is 9.74. The van der Waals surface area contributed by atoms with Gasteiger partial charge in [-0.1, -0.05) is 41.7 Å². The zero-order chi connectivity index (χ0) is 13.9. The third kappa shape index (κ3) is 2.43. The molecule has 1 N–H and O–H groups in total. The largest absolute Gasteiger partial charge is 0.308 e. The predicted molar refractivity (Wildman–Crippen MR) is 76.8 cm³/mol. The van der Waals surface area contributed by atoms with Crippen LogP contribution in [0.1, 0.15) is 6.92 Å². The SMILES string of the molecule is CC(=O)Nc1nc(-c2ccccc2)sc1-n1cncn1. The maximum Gasteiger partial charge on any atom is 0.222 e. The summed E-state index contributed by atoms with van der Waals surface area (Å²) in [7, 11) is 0. The average molecular weight is 285 g/mol. The van der Waals surface area contributed by atoms with Crippen LogP contribution < -0.4 is 5.32 Å². The molecule has 0 aliphatic rings. The Morgan fingerprint density at radius 3 is 2.75 bits per heavy atom. The van der Waals surface area contributed by atoms with E-state index in [4.69, 9.17) is 0 Å². The van der Waals surface area contributed by atoms with Crippen LogP contribution in [0, 0.1) is 0 Å². The Kier molecular flexibility index (Phi) is 3.26. The smallest absolute Gasteiger partial charge is 0.222 e. The zero-order valence-electron chi connectivity index (χ0n) is 10.6. The van der Waals surface area contributed by atoms with E-state index >= 15 is 0 Å². The van der Waals surface area contributed by atoms with E-state index < -0.39 is 0 Å². The number of nitrogens with zero attached hydrogens (tertiary/aromatic N) is 4. The lowest BCUT2D eigenvalue weighted by Crippen LogP contribution is -2.08. The number of hydrogen-bond donors (Lipinski definition) is 1. The number of anilines is 1. The molecule has 0 aliphatic carbocycles. The number of carbonyl (C=O) groups excluding carboxylic acids is 1. The number of aromatic nitrogens is 4. The van der Waals surface area contributed by atoms with E-state index in [1.807, 2.05) is 30.3 Å². The second-order valence-electron chi connectivity index (χ2n) is 4.06. The van der Waals surface area contributed by atoms with Gasteiger partial charge < -0.3 is 5.32 Å². The minimum atomic E-state index is -0.170. The summed E-state index contributed by atoms with van der Waals surface area (Å²) in [5.74, 6) is 0.322. The molecule has 1 aromatic carbocycles. The Bertz CT molecular complexity index is 721. The van der Waals surface area contributed by atoms with Gasteiger partial charge in [0.05, 0.1) is 0 Å². The molecule has 0 fully saturated rings. The summed E-state index contributed by atoms with van der Waals surface area (Å²) in [6.45, 7) is 1.45. The number of carbonyl (C=O) groups is 1. The fourth-order valence-electron chi connectivity index (χ4n) is 1.73.